The minimum Gasteiger partial charge on any atom is -0.497 e. The van der Waals surface area contributed by atoms with Crippen LogP contribution in [0.3, 0.4) is 0 Å². The highest BCUT2D eigenvalue weighted by atomic mass is 35.5. The standard InChI is InChI=1S/C11H15ClO4/c1-15-7-3-4-10(16-2)8(5-7)11(14)9(13)6-12/h3-5,9,11,13-14H,6H2,1-2H3. The summed E-state index contributed by atoms with van der Waals surface area (Å²) in [6, 6.07) is 4.99. The molecule has 0 aliphatic heterocycles. The van der Waals surface area contributed by atoms with Gasteiger partial charge in [0.15, 0.2) is 0 Å². The fourth-order valence-electron chi connectivity index (χ4n) is 1.36. The maximum absolute atomic E-state index is 9.85. The van der Waals surface area contributed by atoms with Crippen LogP contribution in [-0.2, 0) is 0 Å². The molecule has 0 amide bonds. The van der Waals surface area contributed by atoms with E-state index in [4.69, 9.17) is 21.1 Å². The van der Waals surface area contributed by atoms with E-state index < -0.39 is 12.2 Å². The van der Waals surface area contributed by atoms with E-state index >= 15 is 0 Å². The molecule has 0 spiro atoms. The Morgan fingerprint density at radius 1 is 1.25 bits per heavy atom. The molecule has 0 heterocycles. The van der Waals surface area contributed by atoms with E-state index in [9.17, 15) is 10.2 Å². The van der Waals surface area contributed by atoms with Gasteiger partial charge in [0.05, 0.1) is 26.2 Å². The number of ether oxygens (including phenoxy) is 2. The second kappa shape index (κ2) is 5.94. The average molecular weight is 247 g/mol. The van der Waals surface area contributed by atoms with Gasteiger partial charge in [0, 0.05) is 5.56 Å². The normalized spacial score (nSPS) is 14.3. The Morgan fingerprint density at radius 2 is 1.94 bits per heavy atom. The van der Waals surface area contributed by atoms with Gasteiger partial charge in [-0.2, -0.15) is 0 Å². The van der Waals surface area contributed by atoms with Gasteiger partial charge in [0.25, 0.3) is 0 Å². The molecule has 0 saturated heterocycles. The van der Waals surface area contributed by atoms with Gasteiger partial charge < -0.3 is 19.7 Å². The molecule has 0 aliphatic rings. The summed E-state index contributed by atoms with van der Waals surface area (Å²) < 4.78 is 10.1. The molecule has 2 unspecified atom stereocenters. The van der Waals surface area contributed by atoms with E-state index in [-0.39, 0.29) is 5.88 Å². The average Bonchev–Trinajstić information content (AvgIpc) is 2.35. The Hall–Kier alpha value is -0.970. The first-order valence-electron chi connectivity index (χ1n) is 4.78. The van der Waals surface area contributed by atoms with Crippen LogP contribution in [0.1, 0.15) is 11.7 Å². The first kappa shape index (κ1) is 13.1. The highest BCUT2D eigenvalue weighted by molar-refractivity contribution is 6.18. The van der Waals surface area contributed by atoms with Crippen molar-refractivity contribution in [3.05, 3.63) is 23.8 Å². The lowest BCUT2D eigenvalue weighted by Crippen LogP contribution is -2.20. The number of rotatable bonds is 5. The Kier molecular flexibility index (Phi) is 4.86. The lowest BCUT2D eigenvalue weighted by Gasteiger charge is -2.19. The molecule has 0 fully saturated rings. The number of methoxy groups -OCH3 is 2. The zero-order valence-corrected chi connectivity index (χ0v) is 9.94. The predicted molar refractivity (Wildman–Crippen MR) is 61.2 cm³/mol. The number of aliphatic hydroxyl groups excluding tert-OH is 2. The van der Waals surface area contributed by atoms with E-state index in [1.54, 1.807) is 18.2 Å². The van der Waals surface area contributed by atoms with Crippen molar-refractivity contribution in [1.29, 1.82) is 0 Å². The molecule has 2 N–H and O–H groups in total. The molecule has 1 aromatic rings. The number of halogens is 1. The number of aliphatic hydroxyl groups is 2. The fourth-order valence-corrected chi connectivity index (χ4v) is 1.53. The summed E-state index contributed by atoms with van der Waals surface area (Å²) in [5.74, 6) is 1.01. The molecule has 4 nitrogen and oxygen atoms in total. The molecular weight excluding hydrogens is 232 g/mol. The number of hydrogen-bond acceptors (Lipinski definition) is 4. The Morgan fingerprint density at radius 3 is 2.44 bits per heavy atom. The highest BCUT2D eigenvalue weighted by Gasteiger charge is 2.21. The van der Waals surface area contributed by atoms with Crippen molar-refractivity contribution in [1.82, 2.24) is 0 Å². The molecule has 0 bridgehead atoms. The monoisotopic (exact) mass is 246 g/mol. The third-order valence-electron chi connectivity index (χ3n) is 2.28. The molecule has 1 rings (SSSR count). The van der Waals surface area contributed by atoms with Gasteiger partial charge in [-0.3, -0.25) is 0 Å². The van der Waals surface area contributed by atoms with Crippen molar-refractivity contribution in [2.45, 2.75) is 12.2 Å². The first-order chi connectivity index (χ1) is 7.63. The van der Waals surface area contributed by atoms with Crippen LogP contribution in [-0.4, -0.2) is 36.4 Å². The molecule has 16 heavy (non-hydrogen) atoms. The lowest BCUT2D eigenvalue weighted by molar-refractivity contribution is 0.0311. The summed E-state index contributed by atoms with van der Waals surface area (Å²) in [6.45, 7) is 0. The van der Waals surface area contributed by atoms with E-state index in [1.165, 1.54) is 14.2 Å². The van der Waals surface area contributed by atoms with Crippen LogP contribution >= 0.6 is 11.6 Å². The predicted octanol–water partition coefficient (Wildman–Crippen LogP) is 1.34. The van der Waals surface area contributed by atoms with Gasteiger partial charge >= 0.3 is 0 Å². The van der Waals surface area contributed by atoms with Crippen molar-refractivity contribution in [2.75, 3.05) is 20.1 Å². The largest absolute Gasteiger partial charge is 0.497 e. The smallest absolute Gasteiger partial charge is 0.125 e. The van der Waals surface area contributed by atoms with E-state index in [2.05, 4.69) is 0 Å². The minimum atomic E-state index is -1.09. The van der Waals surface area contributed by atoms with Crippen LogP contribution in [0.2, 0.25) is 0 Å². The maximum Gasteiger partial charge on any atom is 0.125 e. The minimum absolute atomic E-state index is 0.0540. The molecular formula is C11H15ClO4. The molecule has 2 atom stereocenters. The number of hydrogen-bond donors (Lipinski definition) is 2. The van der Waals surface area contributed by atoms with E-state index in [0.29, 0.717) is 17.1 Å². The topological polar surface area (TPSA) is 58.9 Å². The quantitative estimate of drug-likeness (QED) is 0.770. The van der Waals surface area contributed by atoms with Crippen LogP contribution < -0.4 is 9.47 Å². The summed E-state index contributed by atoms with van der Waals surface area (Å²) in [5.41, 5.74) is 0.454. The van der Waals surface area contributed by atoms with Crippen molar-refractivity contribution in [2.24, 2.45) is 0 Å². The summed E-state index contributed by atoms with van der Waals surface area (Å²) in [5, 5.41) is 19.3. The molecule has 0 saturated carbocycles. The van der Waals surface area contributed by atoms with Crippen molar-refractivity contribution < 1.29 is 19.7 Å². The zero-order chi connectivity index (χ0) is 12.1. The van der Waals surface area contributed by atoms with Crippen LogP contribution in [0.15, 0.2) is 18.2 Å². The molecule has 5 heteroatoms. The first-order valence-corrected chi connectivity index (χ1v) is 5.31. The molecule has 0 radical (unpaired) electrons. The Bertz CT molecular complexity index is 343. The van der Waals surface area contributed by atoms with Gasteiger partial charge in [-0.25, -0.2) is 0 Å². The summed E-state index contributed by atoms with van der Waals surface area (Å²) in [4.78, 5) is 0. The maximum atomic E-state index is 9.85. The summed E-state index contributed by atoms with van der Waals surface area (Å²) in [7, 11) is 3.01. The second-order valence-electron chi connectivity index (χ2n) is 3.27. The van der Waals surface area contributed by atoms with Crippen molar-refractivity contribution in [3.8, 4) is 11.5 Å². The second-order valence-corrected chi connectivity index (χ2v) is 3.58. The third-order valence-corrected chi connectivity index (χ3v) is 2.59. The third kappa shape index (κ3) is 2.78. The van der Waals surface area contributed by atoms with E-state index in [1.807, 2.05) is 0 Å². The molecule has 90 valence electrons. The van der Waals surface area contributed by atoms with Crippen molar-refractivity contribution in [3.63, 3.8) is 0 Å². The SMILES string of the molecule is COc1ccc(OC)c(C(O)C(O)CCl)c1. The van der Waals surface area contributed by atoms with Gasteiger partial charge in [-0.15, -0.1) is 11.6 Å². The van der Waals surface area contributed by atoms with Gasteiger partial charge in [0.2, 0.25) is 0 Å². The van der Waals surface area contributed by atoms with Crippen LogP contribution in [0.4, 0.5) is 0 Å². The molecule has 0 aromatic heterocycles. The van der Waals surface area contributed by atoms with E-state index in [0.717, 1.165) is 0 Å². The van der Waals surface area contributed by atoms with Gasteiger partial charge in [-0.1, -0.05) is 0 Å². The van der Waals surface area contributed by atoms with Crippen LogP contribution in [0.25, 0.3) is 0 Å². The number of alkyl halides is 1. The summed E-state index contributed by atoms with van der Waals surface area (Å²) in [6.07, 6.45) is -2.13. The highest BCUT2D eigenvalue weighted by Crippen LogP contribution is 2.31. The Labute approximate surface area is 99.4 Å². The van der Waals surface area contributed by atoms with Crippen molar-refractivity contribution >= 4 is 11.6 Å². The summed E-state index contributed by atoms with van der Waals surface area (Å²) >= 11 is 5.48. The Balaban J connectivity index is 3.07. The van der Waals surface area contributed by atoms with Gasteiger partial charge in [-0.05, 0) is 18.2 Å². The lowest BCUT2D eigenvalue weighted by atomic mass is 10.0. The van der Waals surface area contributed by atoms with Crippen LogP contribution in [0, 0.1) is 0 Å². The fraction of sp³-hybridized carbons (Fsp3) is 0.455. The molecule has 0 aliphatic carbocycles. The zero-order valence-electron chi connectivity index (χ0n) is 9.18. The molecule has 1 aromatic carbocycles. The van der Waals surface area contributed by atoms with Crippen LogP contribution in [0.5, 0.6) is 11.5 Å². The number of benzene rings is 1. The van der Waals surface area contributed by atoms with Gasteiger partial charge in [0.1, 0.15) is 17.6 Å².